The molecule has 0 unspecified atom stereocenters. The Morgan fingerprint density at radius 1 is 1.20 bits per heavy atom. The number of aromatic amines is 1. The number of amides is 1. The third kappa shape index (κ3) is 3.32. The van der Waals surface area contributed by atoms with E-state index in [2.05, 4.69) is 10.2 Å². The molecule has 0 atom stereocenters. The molecule has 0 saturated heterocycles. The van der Waals surface area contributed by atoms with Crippen LogP contribution in [-0.2, 0) is 6.54 Å². The first-order chi connectivity index (χ1) is 9.58. The molecule has 1 amide bonds. The van der Waals surface area contributed by atoms with Gasteiger partial charge in [-0.25, -0.2) is 5.10 Å². The molecule has 0 bridgehead atoms. The highest BCUT2D eigenvalue weighted by molar-refractivity contribution is 5.92. The molecule has 0 aliphatic heterocycles. The van der Waals surface area contributed by atoms with Crippen LogP contribution in [0.15, 0.2) is 47.3 Å². The largest absolute Gasteiger partial charge is 0.331 e. The first kappa shape index (κ1) is 14.0. The summed E-state index contributed by atoms with van der Waals surface area (Å²) in [5, 5.41) is 6.08. The minimum Gasteiger partial charge on any atom is -0.331 e. The molecule has 5 nitrogen and oxygen atoms in total. The van der Waals surface area contributed by atoms with Crippen LogP contribution in [-0.4, -0.2) is 27.0 Å². The molecular weight excluding hydrogens is 254 g/mol. The Bertz CT molecular complexity index is 615. The predicted octanol–water partition coefficient (Wildman–Crippen LogP) is 1.82. The van der Waals surface area contributed by atoms with Crippen molar-refractivity contribution in [1.82, 2.24) is 15.1 Å². The van der Waals surface area contributed by atoms with Crippen molar-refractivity contribution in [3.05, 3.63) is 64.1 Å². The summed E-state index contributed by atoms with van der Waals surface area (Å²) >= 11 is 0. The Morgan fingerprint density at radius 3 is 2.45 bits per heavy atom. The highest BCUT2D eigenvalue weighted by atomic mass is 16.2. The fraction of sp³-hybridized carbons (Fsp3) is 0.267. The van der Waals surface area contributed by atoms with Crippen molar-refractivity contribution >= 4 is 5.91 Å². The molecule has 1 heterocycles. The van der Waals surface area contributed by atoms with Crippen molar-refractivity contribution in [2.45, 2.75) is 26.4 Å². The first-order valence-electron chi connectivity index (χ1n) is 6.48. The summed E-state index contributed by atoms with van der Waals surface area (Å²) in [6.07, 6.45) is 0. The number of carbonyl (C=O) groups excluding carboxylic acids is 1. The van der Waals surface area contributed by atoms with E-state index >= 15 is 0 Å². The van der Waals surface area contributed by atoms with Crippen molar-refractivity contribution in [1.29, 1.82) is 0 Å². The minimum absolute atomic E-state index is 0.0384. The van der Waals surface area contributed by atoms with Crippen LogP contribution in [0.4, 0.5) is 0 Å². The second-order valence-corrected chi connectivity index (χ2v) is 4.82. The van der Waals surface area contributed by atoms with Gasteiger partial charge in [-0.15, -0.1) is 0 Å². The van der Waals surface area contributed by atoms with Crippen LogP contribution in [0.3, 0.4) is 0 Å². The monoisotopic (exact) mass is 271 g/mol. The highest BCUT2D eigenvalue weighted by Crippen LogP contribution is 2.11. The average molecular weight is 271 g/mol. The molecule has 2 aromatic rings. The molecule has 1 N–H and O–H groups in total. The van der Waals surface area contributed by atoms with Gasteiger partial charge in [0.05, 0.1) is 0 Å². The lowest BCUT2D eigenvalue weighted by molar-refractivity contribution is 0.0683. The van der Waals surface area contributed by atoms with Gasteiger partial charge >= 0.3 is 0 Å². The third-order valence-electron chi connectivity index (χ3n) is 2.98. The van der Waals surface area contributed by atoms with E-state index in [0.29, 0.717) is 6.54 Å². The number of nitrogens with one attached hydrogen (secondary N) is 1. The number of hydrogen-bond donors (Lipinski definition) is 1. The van der Waals surface area contributed by atoms with Crippen LogP contribution >= 0.6 is 0 Å². The van der Waals surface area contributed by atoms with Gasteiger partial charge in [0.1, 0.15) is 5.69 Å². The Hall–Kier alpha value is -2.43. The predicted molar refractivity (Wildman–Crippen MR) is 76.3 cm³/mol. The highest BCUT2D eigenvalue weighted by Gasteiger charge is 2.20. The van der Waals surface area contributed by atoms with E-state index < -0.39 is 0 Å². The zero-order chi connectivity index (χ0) is 14.5. The van der Waals surface area contributed by atoms with Gasteiger partial charge in [-0.2, -0.15) is 5.10 Å². The van der Waals surface area contributed by atoms with Crippen LogP contribution in [0.25, 0.3) is 0 Å². The Labute approximate surface area is 117 Å². The molecule has 1 aromatic carbocycles. The number of carbonyl (C=O) groups is 1. The number of H-pyrrole nitrogens is 1. The molecule has 104 valence electrons. The summed E-state index contributed by atoms with van der Waals surface area (Å²) in [5.74, 6) is -0.194. The average Bonchev–Trinajstić information content (AvgIpc) is 2.45. The van der Waals surface area contributed by atoms with Gasteiger partial charge in [-0.1, -0.05) is 30.3 Å². The molecular formula is C15H17N3O2. The fourth-order valence-electron chi connectivity index (χ4n) is 1.88. The maximum atomic E-state index is 12.4. The SMILES string of the molecule is CC(C)N(Cc1ccccc1)C(=O)c1ccc(=O)[nH]n1. The van der Waals surface area contributed by atoms with Gasteiger partial charge in [-0.05, 0) is 25.5 Å². The topological polar surface area (TPSA) is 66.1 Å². The number of aromatic nitrogens is 2. The second-order valence-electron chi connectivity index (χ2n) is 4.82. The van der Waals surface area contributed by atoms with Crippen LogP contribution in [0.2, 0.25) is 0 Å². The number of hydrogen-bond acceptors (Lipinski definition) is 3. The van der Waals surface area contributed by atoms with Crippen LogP contribution < -0.4 is 5.56 Å². The van der Waals surface area contributed by atoms with Gasteiger partial charge in [0.15, 0.2) is 0 Å². The lowest BCUT2D eigenvalue weighted by Crippen LogP contribution is -2.37. The van der Waals surface area contributed by atoms with Crippen molar-refractivity contribution in [2.75, 3.05) is 0 Å². The summed E-state index contributed by atoms with van der Waals surface area (Å²) in [4.78, 5) is 25.2. The van der Waals surface area contributed by atoms with Gasteiger partial charge in [0, 0.05) is 18.7 Å². The van der Waals surface area contributed by atoms with Crippen molar-refractivity contribution in [3.63, 3.8) is 0 Å². The Kier molecular flexibility index (Phi) is 4.30. The molecule has 0 saturated carbocycles. The van der Waals surface area contributed by atoms with Crippen molar-refractivity contribution < 1.29 is 4.79 Å². The smallest absolute Gasteiger partial charge is 0.274 e. The fourth-order valence-corrected chi connectivity index (χ4v) is 1.88. The molecule has 5 heteroatoms. The molecule has 0 fully saturated rings. The van der Waals surface area contributed by atoms with Crippen molar-refractivity contribution in [3.8, 4) is 0 Å². The minimum atomic E-state index is -0.319. The maximum Gasteiger partial charge on any atom is 0.274 e. The van der Waals surface area contributed by atoms with E-state index in [1.54, 1.807) is 4.90 Å². The summed E-state index contributed by atoms with van der Waals surface area (Å²) < 4.78 is 0. The van der Waals surface area contributed by atoms with Crippen LogP contribution in [0, 0.1) is 0 Å². The summed E-state index contributed by atoms with van der Waals surface area (Å²) in [5.41, 5.74) is 0.980. The van der Waals surface area contributed by atoms with Gasteiger partial charge in [-0.3, -0.25) is 9.59 Å². The van der Waals surface area contributed by atoms with E-state index in [9.17, 15) is 9.59 Å². The van der Waals surface area contributed by atoms with Gasteiger partial charge in [0.2, 0.25) is 0 Å². The Balaban J connectivity index is 2.22. The van der Waals surface area contributed by atoms with Gasteiger partial charge in [0.25, 0.3) is 11.5 Å². The number of nitrogens with zero attached hydrogens (tertiary/aromatic N) is 2. The number of rotatable bonds is 4. The van der Waals surface area contributed by atoms with Crippen LogP contribution in [0.1, 0.15) is 29.9 Å². The van der Waals surface area contributed by atoms with Gasteiger partial charge < -0.3 is 4.90 Å². The third-order valence-corrected chi connectivity index (χ3v) is 2.98. The molecule has 2 rings (SSSR count). The lowest BCUT2D eigenvalue weighted by Gasteiger charge is -2.26. The maximum absolute atomic E-state index is 12.4. The molecule has 1 aromatic heterocycles. The second kappa shape index (κ2) is 6.14. The Morgan fingerprint density at radius 2 is 1.90 bits per heavy atom. The van der Waals surface area contributed by atoms with E-state index in [-0.39, 0.29) is 23.2 Å². The summed E-state index contributed by atoms with van der Waals surface area (Å²) in [6.45, 7) is 4.41. The van der Waals surface area contributed by atoms with E-state index in [1.807, 2.05) is 44.2 Å². The van der Waals surface area contributed by atoms with Crippen LogP contribution in [0.5, 0.6) is 0 Å². The summed E-state index contributed by atoms with van der Waals surface area (Å²) in [7, 11) is 0. The van der Waals surface area contributed by atoms with E-state index in [4.69, 9.17) is 0 Å². The zero-order valence-electron chi connectivity index (χ0n) is 11.5. The summed E-state index contributed by atoms with van der Waals surface area (Å²) in [6, 6.07) is 12.6. The lowest BCUT2D eigenvalue weighted by atomic mass is 10.1. The molecule has 0 aliphatic carbocycles. The number of benzene rings is 1. The van der Waals surface area contributed by atoms with E-state index in [0.717, 1.165) is 5.56 Å². The van der Waals surface area contributed by atoms with E-state index in [1.165, 1.54) is 12.1 Å². The van der Waals surface area contributed by atoms with Crippen molar-refractivity contribution in [2.24, 2.45) is 0 Å². The molecule has 0 radical (unpaired) electrons. The quantitative estimate of drug-likeness (QED) is 0.922. The molecule has 20 heavy (non-hydrogen) atoms. The zero-order valence-corrected chi connectivity index (χ0v) is 11.5. The molecule has 0 spiro atoms. The standard InChI is InChI=1S/C15H17N3O2/c1-11(2)18(10-12-6-4-3-5-7-12)15(20)13-8-9-14(19)17-16-13/h3-9,11H,10H2,1-2H3,(H,17,19). The molecule has 0 aliphatic rings. The normalized spacial score (nSPS) is 10.6. The first-order valence-corrected chi connectivity index (χ1v) is 6.48.